The van der Waals surface area contributed by atoms with Crippen LogP contribution in [0.15, 0.2) is 23.7 Å². The maximum atomic E-state index is 14.0. The predicted octanol–water partition coefficient (Wildman–Crippen LogP) is 3.64. The summed E-state index contributed by atoms with van der Waals surface area (Å²) in [6, 6.07) is 5.21. The lowest BCUT2D eigenvalue weighted by Crippen LogP contribution is -2.46. The zero-order valence-electron chi connectivity index (χ0n) is 15.4. The van der Waals surface area contributed by atoms with Crippen molar-refractivity contribution in [1.82, 2.24) is 14.9 Å². The van der Waals surface area contributed by atoms with Crippen molar-refractivity contribution in [1.29, 1.82) is 5.26 Å². The second-order valence-corrected chi connectivity index (χ2v) is 7.93. The smallest absolute Gasteiger partial charge is 0.124 e. The topological polar surface area (TPSA) is 56.1 Å². The first-order valence-corrected chi connectivity index (χ1v) is 9.80. The normalized spacial score (nSPS) is 15.3. The van der Waals surface area contributed by atoms with Gasteiger partial charge in [-0.2, -0.15) is 5.26 Å². The largest absolute Gasteiger partial charge is 0.367 e. The molecule has 0 unspecified atom stereocenters. The van der Waals surface area contributed by atoms with Crippen molar-refractivity contribution >= 4 is 27.9 Å². The lowest BCUT2D eigenvalue weighted by molar-refractivity contribution is 0.247. The van der Waals surface area contributed by atoms with E-state index in [4.69, 9.17) is 0 Å². The van der Waals surface area contributed by atoms with Gasteiger partial charge in [0.2, 0.25) is 0 Å². The maximum Gasteiger partial charge on any atom is 0.124 e. The Morgan fingerprint density at radius 1 is 1.22 bits per heavy atom. The van der Waals surface area contributed by atoms with Gasteiger partial charge >= 0.3 is 0 Å². The van der Waals surface area contributed by atoms with Gasteiger partial charge in [0.15, 0.2) is 0 Å². The van der Waals surface area contributed by atoms with E-state index < -0.39 is 0 Å². The van der Waals surface area contributed by atoms with E-state index in [-0.39, 0.29) is 5.82 Å². The average molecular weight is 381 g/mol. The molecule has 4 rings (SSSR count). The number of rotatable bonds is 3. The number of halogens is 1. The number of fused-ring (bicyclic) bond motifs is 1. The van der Waals surface area contributed by atoms with Crippen LogP contribution < -0.4 is 4.90 Å². The summed E-state index contributed by atoms with van der Waals surface area (Å²) < 4.78 is 14.0. The van der Waals surface area contributed by atoms with Crippen LogP contribution in [0.1, 0.15) is 21.8 Å². The molecule has 0 atom stereocenters. The number of pyridine rings is 1. The SMILES string of the molecule is Cc1nc(CN2CCN(c3c(C#N)cnc4c(C)cc(F)cc34)CC2)cs1. The number of thiazole rings is 1. The van der Waals surface area contributed by atoms with Gasteiger partial charge < -0.3 is 4.90 Å². The number of nitriles is 1. The lowest BCUT2D eigenvalue weighted by atomic mass is 10.0. The summed E-state index contributed by atoms with van der Waals surface area (Å²) in [5.41, 5.74) is 3.94. The van der Waals surface area contributed by atoms with Crippen LogP contribution in [0.4, 0.5) is 10.1 Å². The highest BCUT2D eigenvalue weighted by atomic mass is 32.1. The molecule has 0 N–H and O–H groups in total. The van der Waals surface area contributed by atoms with E-state index in [0.29, 0.717) is 5.56 Å². The molecule has 138 valence electrons. The van der Waals surface area contributed by atoms with Crippen LogP contribution in [0.5, 0.6) is 0 Å². The highest BCUT2D eigenvalue weighted by molar-refractivity contribution is 7.09. The van der Waals surface area contributed by atoms with Gasteiger partial charge in [-0.05, 0) is 31.5 Å². The van der Waals surface area contributed by atoms with Gasteiger partial charge in [0.25, 0.3) is 0 Å². The molecule has 0 spiro atoms. The molecule has 0 amide bonds. The summed E-state index contributed by atoms with van der Waals surface area (Å²) in [5, 5.41) is 13.5. The number of hydrogen-bond donors (Lipinski definition) is 0. The average Bonchev–Trinajstić information content (AvgIpc) is 3.06. The van der Waals surface area contributed by atoms with Crippen LogP contribution in [-0.4, -0.2) is 41.0 Å². The fraction of sp³-hybridized carbons (Fsp3) is 0.350. The van der Waals surface area contributed by atoms with E-state index in [1.807, 2.05) is 13.8 Å². The molecule has 27 heavy (non-hydrogen) atoms. The molecule has 7 heteroatoms. The van der Waals surface area contributed by atoms with Gasteiger partial charge in [-0.15, -0.1) is 11.3 Å². The molecule has 1 fully saturated rings. The first-order valence-electron chi connectivity index (χ1n) is 8.92. The molecular weight excluding hydrogens is 361 g/mol. The molecule has 3 aromatic rings. The summed E-state index contributed by atoms with van der Waals surface area (Å²) in [5.74, 6) is -0.296. The second-order valence-electron chi connectivity index (χ2n) is 6.87. The van der Waals surface area contributed by atoms with Gasteiger partial charge in [-0.3, -0.25) is 9.88 Å². The van der Waals surface area contributed by atoms with E-state index in [1.165, 1.54) is 12.1 Å². The minimum atomic E-state index is -0.296. The predicted molar refractivity (Wildman–Crippen MR) is 105 cm³/mol. The first kappa shape index (κ1) is 17.8. The Hall–Kier alpha value is -2.56. The molecule has 1 aromatic carbocycles. The number of hydrogen-bond acceptors (Lipinski definition) is 6. The molecule has 1 aliphatic rings. The van der Waals surface area contributed by atoms with Crippen molar-refractivity contribution in [2.24, 2.45) is 0 Å². The maximum absolute atomic E-state index is 14.0. The van der Waals surface area contributed by atoms with Crippen LogP contribution in [0.25, 0.3) is 10.9 Å². The van der Waals surface area contributed by atoms with Crippen molar-refractivity contribution in [2.45, 2.75) is 20.4 Å². The Morgan fingerprint density at radius 2 is 2.00 bits per heavy atom. The van der Waals surface area contributed by atoms with E-state index in [2.05, 4.69) is 31.2 Å². The molecule has 0 bridgehead atoms. The standard InChI is InChI=1S/C20H20FN5S/c1-13-7-16(21)8-18-19(13)23-10-15(9-22)20(18)26-5-3-25(4-6-26)11-17-12-27-14(2)24-17/h7-8,10,12H,3-6,11H2,1-2H3. The van der Waals surface area contributed by atoms with Crippen LogP contribution in [-0.2, 0) is 6.54 Å². The highest BCUT2D eigenvalue weighted by Gasteiger charge is 2.23. The third-order valence-electron chi connectivity index (χ3n) is 4.96. The Balaban J connectivity index is 1.61. The molecule has 3 heterocycles. The molecule has 0 saturated carbocycles. The Kier molecular flexibility index (Phi) is 4.77. The van der Waals surface area contributed by atoms with Crippen LogP contribution in [0.2, 0.25) is 0 Å². The second kappa shape index (κ2) is 7.22. The zero-order valence-corrected chi connectivity index (χ0v) is 16.2. The Bertz CT molecular complexity index is 1030. The zero-order chi connectivity index (χ0) is 19.0. The fourth-order valence-electron chi connectivity index (χ4n) is 3.68. The van der Waals surface area contributed by atoms with Gasteiger partial charge in [0, 0.05) is 49.7 Å². The fourth-order valence-corrected chi connectivity index (χ4v) is 4.29. The third kappa shape index (κ3) is 3.51. The Morgan fingerprint density at radius 3 is 2.67 bits per heavy atom. The molecule has 5 nitrogen and oxygen atoms in total. The van der Waals surface area contributed by atoms with Crippen molar-refractivity contribution in [3.05, 3.63) is 51.4 Å². The third-order valence-corrected chi connectivity index (χ3v) is 5.78. The number of aromatic nitrogens is 2. The Labute approximate surface area is 161 Å². The molecule has 2 aromatic heterocycles. The number of piperazine rings is 1. The van der Waals surface area contributed by atoms with Crippen molar-refractivity contribution in [3.63, 3.8) is 0 Å². The summed E-state index contributed by atoms with van der Waals surface area (Å²) in [4.78, 5) is 13.5. The van der Waals surface area contributed by atoms with Crippen molar-refractivity contribution in [3.8, 4) is 6.07 Å². The molecular formula is C20H20FN5S. The highest BCUT2D eigenvalue weighted by Crippen LogP contribution is 2.32. The summed E-state index contributed by atoms with van der Waals surface area (Å²) in [7, 11) is 0. The number of benzene rings is 1. The van der Waals surface area contributed by atoms with E-state index in [1.54, 1.807) is 17.5 Å². The lowest BCUT2D eigenvalue weighted by Gasteiger charge is -2.36. The van der Waals surface area contributed by atoms with Gasteiger partial charge in [0.1, 0.15) is 11.9 Å². The number of aryl methyl sites for hydroxylation is 2. The van der Waals surface area contributed by atoms with Crippen LogP contribution in [0, 0.1) is 31.0 Å². The van der Waals surface area contributed by atoms with E-state index in [0.717, 1.165) is 65.6 Å². The molecule has 0 radical (unpaired) electrons. The number of anilines is 1. The monoisotopic (exact) mass is 381 g/mol. The summed E-state index contributed by atoms with van der Waals surface area (Å²) in [6.45, 7) is 8.03. The van der Waals surface area contributed by atoms with Gasteiger partial charge in [0.05, 0.1) is 27.5 Å². The van der Waals surface area contributed by atoms with E-state index >= 15 is 0 Å². The van der Waals surface area contributed by atoms with E-state index in [9.17, 15) is 9.65 Å². The molecule has 0 aliphatic carbocycles. The first-order chi connectivity index (χ1) is 13.0. The summed E-state index contributed by atoms with van der Waals surface area (Å²) in [6.07, 6.45) is 1.60. The molecule has 1 saturated heterocycles. The van der Waals surface area contributed by atoms with Gasteiger partial charge in [-0.1, -0.05) is 0 Å². The van der Waals surface area contributed by atoms with Crippen molar-refractivity contribution < 1.29 is 4.39 Å². The van der Waals surface area contributed by atoms with Crippen LogP contribution >= 0.6 is 11.3 Å². The quantitative estimate of drug-likeness (QED) is 0.693. The van der Waals surface area contributed by atoms with Gasteiger partial charge in [-0.25, -0.2) is 9.37 Å². The van der Waals surface area contributed by atoms with Crippen molar-refractivity contribution in [2.75, 3.05) is 31.1 Å². The van der Waals surface area contributed by atoms with Crippen LogP contribution in [0.3, 0.4) is 0 Å². The molecule has 1 aliphatic heterocycles. The minimum Gasteiger partial charge on any atom is -0.367 e. The summed E-state index contributed by atoms with van der Waals surface area (Å²) >= 11 is 1.67. The number of nitrogens with zero attached hydrogens (tertiary/aromatic N) is 5. The minimum absolute atomic E-state index is 0.296.